The molecular formula is C14H20N2S. The second-order valence-corrected chi connectivity index (χ2v) is 6.24. The lowest BCUT2D eigenvalue weighted by molar-refractivity contribution is 0.597. The number of hydrogen-bond acceptors (Lipinski definition) is 2. The number of nitrogens with zero attached hydrogens (tertiary/aromatic N) is 1. The molecule has 1 fully saturated rings. The smallest absolute Gasteiger partial charge is 0.157 e. The molecule has 1 aliphatic heterocycles. The molecule has 3 heteroatoms. The summed E-state index contributed by atoms with van der Waals surface area (Å²) in [5, 5.41) is 5.21. The minimum absolute atomic E-state index is 0.544. The van der Waals surface area contributed by atoms with Crippen LogP contribution in [0.1, 0.15) is 31.4 Å². The summed E-state index contributed by atoms with van der Waals surface area (Å²) < 4.78 is 0. The van der Waals surface area contributed by atoms with Gasteiger partial charge in [0, 0.05) is 11.3 Å². The Morgan fingerprint density at radius 2 is 2.00 bits per heavy atom. The second kappa shape index (κ2) is 5.58. The lowest BCUT2D eigenvalue weighted by Gasteiger charge is -2.26. The minimum Gasteiger partial charge on any atom is -0.362 e. The first-order valence-electron chi connectivity index (χ1n) is 6.16. The number of thioether (sulfide) groups is 1. The van der Waals surface area contributed by atoms with E-state index in [1.54, 1.807) is 0 Å². The Kier molecular flexibility index (Phi) is 4.11. The Bertz CT molecular complexity index is 385. The summed E-state index contributed by atoms with van der Waals surface area (Å²) in [4.78, 5) is 4.65. The normalized spacial score (nSPS) is 26.9. The zero-order chi connectivity index (χ0) is 12.3. The van der Waals surface area contributed by atoms with Gasteiger partial charge in [0.1, 0.15) is 0 Å². The van der Waals surface area contributed by atoms with Crippen LogP contribution in [0.25, 0.3) is 0 Å². The molecule has 0 aliphatic carbocycles. The molecule has 0 spiro atoms. The predicted octanol–water partition coefficient (Wildman–Crippen LogP) is 3.35. The van der Waals surface area contributed by atoms with E-state index in [-0.39, 0.29) is 0 Å². The molecule has 2 atom stereocenters. The molecule has 1 aliphatic rings. The number of aryl methyl sites for hydroxylation is 1. The van der Waals surface area contributed by atoms with E-state index < -0.39 is 0 Å². The van der Waals surface area contributed by atoms with Crippen LogP contribution in [0.4, 0.5) is 0 Å². The average molecular weight is 248 g/mol. The average Bonchev–Trinajstić information content (AvgIpc) is 2.27. The summed E-state index contributed by atoms with van der Waals surface area (Å²) in [5.74, 6) is 0. The SMILES string of the molecule is Cc1ccc(CN=C2NC(C)CC(C)S2)cc1. The Labute approximate surface area is 108 Å². The predicted molar refractivity (Wildman–Crippen MR) is 76.6 cm³/mol. The van der Waals surface area contributed by atoms with Gasteiger partial charge in [0.15, 0.2) is 5.17 Å². The molecule has 0 amide bonds. The second-order valence-electron chi connectivity index (χ2n) is 4.82. The molecule has 0 bridgehead atoms. The molecule has 0 radical (unpaired) electrons. The molecule has 2 nitrogen and oxygen atoms in total. The molecule has 1 aromatic rings. The van der Waals surface area contributed by atoms with Crippen LogP contribution in [0, 0.1) is 6.92 Å². The largest absolute Gasteiger partial charge is 0.362 e. The van der Waals surface area contributed by atoms with Crippen molar-refractivity contribution in [1.29, 1.82) is 0 Å². The van der Waals surface area contributed by atoms with Crippen LogP contribution in [-0.4, -0.2) is 16.5 Å². The van der Waals surface area contributed by atoms with Crippen LogP contribution < -0.4 is 5.32 Å². The quantitative estimate of drug-likeness (QED) is 0.868. The number of amidine groups is 1. The van der Waals surface area contributed by atoms with Gasteiger partial charge < -0.3 is 5.32 Å². The standard InChI is InChI=1S/C14H20N2S/c1-10-4-6-13(7-5-10)9-15-14-16-11(2)8-12(3)17-14/h4-7,11-12H,8-9H2,1-3H3,(H,15,16). The molecule has 2 rings (SSSR count). The van der Waals surface area contributed by atoms with E-state index >= 15 is 0 Å². The van der Waals surface area contributed by atoms with Crippen molar-refractivity contribution in [2.75, 3.05) is 0 Å². The minimum atomic E-state index is 0.544. The van der Waals surface area contributed by atoms with E-state index in [2.05, 4.69) is 55.3 Å². The van der Waals surface area contributed by atoms with Crippen molar-refractivity contribution >= 4 is 16.9 Å². The van der Waals surface area contributed by atoms with Gasteiger partial charge in [-0.25, -0.2) is 0 Å². The first kappa shape index (κ1) is 12.5. The van der Waals surface area contributed by atoms with Crippen molar-refractivity contribution in [3.05, 3.63) is 35.4 Å². The van der Waals surface area contributed by atoms with Crippen molar-refractivity contribution in [3.63, 3.8) is 0 Å². The lowest BCUT2D eigenvalue weighted by atomic mass is 10.1. The van der Waals surface area contributed by atoms with Crippen molar-refractivity contribution in [2.45, 2.75) is 45.0 Å². The van der Waals surface area contributed by atoms with E-state index in [1.165, 1.54) is 17.5 Å². The Morgan fingerprint density at radius 3 is 2.65 bits per heavy atom. The van der Waals surface area contributed by atoms with Gasteiger partial charge in [-0.3, -0.25) is 4.99 Å². The highest BCUT2D eigenvalue weighted by atomic mass is 32.2. The molecular weight excluding hydrogens is 228 g/mol. The third kappa shape index (κ3) is 3.77. The fraction of sp³-hybridized carbons (Fsp3) is 0.500. The molecule has 2 unspecified atom stereocenters. The zero-order valence-electron chi connectivity index (χ0n) is 10.7. The highest BCUT2D eigenvalue weighted by Crippen LogP contribution is 2.22. The fourth-order valence-electron chi connectivity index (χ4n) is 1.98. The van der Waals surface area contributed by atoms with Gasteiger partial charge in [-0.2, -0.15) is 0 Å². The topological polar surface area (TPSA) is 24.4 Å². The molecule has 1 heterocycles. The first-order chi connectivity index (χ1) is 8.13. The summed E-state index contributed by atoms with van der Waals surface area (Å²) in [6.45, 7) is 7.37. The van der Waals surface area contributed by atoms with Gasteiger partial charge in [-0.1, -0.05) is 48.5 Å². The summed E-state index contributed by atoms with van der Waals surface area (Å²) in [5.41, 5.74) is 2.57. The maximum Gasteiger partial charge on any atom is 0.157 e. The van der Waals surface area contributed by atoms with Crippen LogP contribution in [0.2, 0.25) is 0 Å². The Morgan fingerprint density at radius 1 is 1.29 bits per heavy atom. The molecule has 1 aromatic carbocycles. The molecule has 17 heavy (non-hydrogen) atoms. The van der Waals surface area contributed by atoms with Crippen LogP contribution in [0.3, 0.4) is 0 Å². The highest BCUT2D eigenvalue weighted by Gasteiger charge is 2.19. The molecule has 1 N–H and O–H groups in total. The maximum absolute atomic E-state index is 4.65. The summed E-state index contributed by atoms with van der Waals surface area (Å²) >= 11 is 1.85. The number of hydrogen-bond donors (Lipinski definition) is 1. The third-order valence-corrected chi connectivity index (χ3v) is 3.96. The van der Waals surface area contributed by atoms with E-state index in [0.717, 1.165) is 11.7 Å². The third-order valence-electron chi connectivity index (χ3n) is 2.89. The zero-order valence-corrected chi connectivity index (χ0v) is 11.6. The van der Waals surface area contributed by atoms with E-state index in [0.29, 0.717) is 11.3 Å². The summed E-state index contributed by atoms with van der Waals surface area (Å²) in [6, 6.07) is 9.13. The maximum atomic E-state index is 4.65. The summed E-state index contributed by atoms with van der Waals surface area (Å²) in [6.07, 6.45) is 1.22. The van der Waals surface area contributed by atoms with Crippen molar-refractivity contribution < 1.29 is 0 Å². The number of benzene rings is 1. The van der Waals surface area contributed by atoms with Crippen molar-refractivity contribution in [3.8, 4) is 0 Å². The first-order valence-corrected chi connectivity index (χ1v) is 7.04. The number of aliphatic imine (C=N–C) groups is 1. The molecule has 0 saturated carbocycles. The summed E-state index contributed by atoms with van der Waals surface area (Å²) in [7, 11) is 0. The molecule has 92 valence electrons. The van der Waals surface area contributed by atoms with Crippen LogP contribution in [0.15, 0.2) is 29.3 Å². The van der Waals surface area contributed by atoms with Gasteiger partial charge in [0.05, 0.1) is 6.54 Å². The lowest BCUT2D eigenvalue weighted by Crippen LogP contribution is -2.38. The van der Waals surface area contributed by atoms with Crippen LogP contribution in [0.5, 0.6) is 0 Å². The monoisotopic (exact) mass is 248 g/mol. The number of rotatable bonds is 2. The van der Waals surface area contributed by atoms with Crippen molar-refractivity contribution in [2.24, 2.45) is 4.99 Å². The fourth-order valence-corrected chi connectivity index (χ4v) is 3.15. The van der Waals surface area contributed by atoms with E-state index in [9.17, 15) is 0 Å². The Hall–Kier alpha value is -0.960. The van der Waals surface area contributed by atoms with Gasteiger partial charge in [0.25, 0.3) is 0 Å². The Balaban J connectivity index is 1.97. The van der Waals surface area contributed by atoms with Gasteiger partial charge >= 0.3 is 0 Å². The van der Waals surface area contributed by atoms with Crippen LogP contribution >= 0.6 is 11.8 Å². The highest BCUT2D eigenvalue weighted by molar-refractivity contribution is 8.14. The van der Waals surface area contributed by atoms with Crippen LogP contribution in [-0.2, 0) is 6.54 Å². The van der Waals surface area contributed by atoms with Crippen molar-refractivity contribution in [1.82, 2.24) is 5.32 Å². The van der Waals surface area contributed by atoms with Gasteiger partial charge in [0.2, 0.25) is 0 Å². The number of nitrogens with one attached hydrogen (secondary N) is 1. The molecule has 1 saturated heterocycles. The molecule has 0 aromatic heterocycles. The van der Waals surface area contributed by atoms with E-state index in [1.807, 2.05) is 11.8 Å². The van der Waals surface area contributed by atoms with Gasteiger partial charge in [-0.05, 0) is 25.8 Å². The van der Waals surface area contributed by atoms with Gasteiger partial charge in [-0.15, -0.1) is 0 Å². The van der Waals surface area contributed by atoms with E-state index in [4.69, 9.17) is 0 Å².